The highest BCUT2D eigenvalue weighted by Gasteiger charge is 2.26. The zero-order valence-electron chi connectivity index (χ0n) is 10.6. The predicted molar refractivity (Wildman–Crippen MR) is 70.6 cm³/mol. The number of hydrogen-bond donors (Lipinski definition) is 1. The zero-order chi connectivity index (χ0) is 12.1. The molecule has 1 saturated carbocycles. The maximum absolute atomic E-state index is 4.15. The van der Waals surface area contributed by atoms with Gasteiger partial charge in [0.15, 0.2) is 0 Å². The predicted octanol–water partition coefficient (Wildman–Crippen LogP) is 1.56. The average molecular weight is 234 g/mol. The molecular formula is C13H22N4. The molecule has 17 heavy (non-hydrogen) atoms. The third kappa shape index (κ3) is 3.68. The molecule has 0 saturated heterocycles. The molecule has 94 valence electrons. The molecule has 1 fully saturated rings. The van der Waals surface area contributed by atoms with Crippen LogP contribution >= 0.6 is 0 Å². The highest BCUT2D eigenvalue weighted by atomic mass is 15.2. The Hall–Kier alpha value is -1.13. The van der Waals surface area contributed by atoms with Crippen LogP contribution in [0.3, 0.4) is 0 Å². The fourth-order valence-electron chi connectivity index (χ4n) is 2.06. The van der Waals surface area contributed by atoms with Crippen LogP contribution in [-0.2, 0) is 6.54 Å². The fraction of sp³-hybridized carbons (Fsp3) is 0.615. The highest BCUT2D eigenvalue weighted by Crippen LogP contribution is 2.25. The van der Waals surface area contributed by atoms with E-state index in [1.54, 1.807) is 10.9 Å². The summed E-state index contributed by atoms with van der Waals surface area (Å²) in [5.74, 6) is 0. The molecule has 0 radical (unpaired) electrons. The summed E-state index contributed by atoms with van der Waals surface area (Å²) < 4.78 is 1.74. The van der Waals surface area contributed by atoms with E-state index >= 15 is 0 Å². The lowest BCUT2D eigenvalue weighted by atomic mass is 10.3. The van der Waals surface area contributed by atoms with Crippen molar-refractivity contribution in [3.8, 4) is 0 Å². The molecule has 4 nitrogen and oxygen atoms in total. The number of aromatic nitrogens is 2. The molecular weight excluding hydrogens is 212 g/mol. The third-order valence-electron chi connectivity index (χ3n) is 3.22. The topological polar surface area (TPSA) is 33.1 Å². The molecule has 0 atom stereocenters. The molecule has 0 bridgehead atoms. The number of rotatable bonds is 8. The SMILES string of the molecule is C=Cn1cc(CNCCN(CC)C2CC2)cn1. The summed E-state index contributed by atoms with van der Waals surface area (Å²) in [5.41, 5.74) is 1.21. The quantitative estimate of drug-likeness (QED) is 0.693. The van der Waals surface area contributed by atoms with Crippen LogP contribution in [0, 0.1) is 0 Å². The van der Waals surface area contributed by atoms with Gasteiger partial charge in [-0.15, -0.1) is 0 Å². The van der Waals surface area contributed by atoms with Crippen molar-refractivity contribution in [1.82, 2.24) is 20.0 Å². The van der Waals surface area contributed by atoms with Crippen LogP contribution < -0.4 is 5.32 Å². The van der Waals surface area contributed by atoms with Gasteiger partial charge in [0.05, 0.1) is 6.20 Å². The van der Waals surface area contributed by atoms with Crippen LogP contribution in [0.5, 0.6) is 0 Å². The summed E-state index contributed by atoms with van der Waals surface area (Å²) in [7, 11) is 0. The van der Waals surface area contributed by atoms with Gasteiger partial charge >= 0.3 is 0 Å². The van der Waals surface area contributed by atoms with Gasteiger partial charge in [0.25, 0.3) is 0 Å². The van der Waals surface area contributed by atoms with Crippen molar-refractivity contribution in [3.63, 3.8) is 0 Å². The summed E-state index contributed by atoms with van der Waals surface area (Å²) >= 11 is 0. The second-order valence-corrected chi connectivity index (χ2v) is 4.55. The molecule has 1 aliphatic rings. The van der Waals surface area contributed by atoms with Gasteiger partial charge in [-0.05, 0) is 19.4 Å². The van der Waals surface area contributed by atoms with Gasteiger partial charge in [-0.1, -0.05) is 13.5 Å². The van der Waals surface area contributed by atoms with Crippen LogP contribution in [0.15, 0.2) is 19.0 Å². The van der Waals surface area contributed by atoms with Crippen molar-refractivity contribution in [3.05, 3.63) is 24.5 Å². The maximum Gasteiger partial charge on any atom is 0.0538 e. The minimum atomic E-state index is 0.866. The van der Waals surface area contributed by atoms with Gasteiger partial charge in [-0.25, -0.2) is 4.68 Å². The van der Waals surface area contributed by atoms with Gasteiger partial charge in [-0.2, -0.15) is 5.10 Å². The summed E-state index contributed by atoms with van der Waals surface area (Å²) in [6.07, 6.45) is 8.36. The molecule has 0 amide bonds. The second-order valence-electron chi connectivity index (χ2n) is 4.55. The lowest BCUT2D eigenvalue weighted by molar-refractivity contribution is 0.277. The third-order valence-corrected chi connectivity index (χ3v) is 3.22. The van der Waals surface area contributed by atoms with E-state index in [2.05, 4.69) is 28.8 Å². The Bertz CT molecular complexity index is 354. The second kappa shape index (κ2) is 5.98. The van der Waals surface area contributed by atoms with Crippen LogP contribution in [0.4, 0.5) is 0 Å². The van der Waals surface area contributed by atoms with Crippen LogP contribution in [0.25, 0.3) is 6.20 Å². The van der Waals surface area contributed by atoms with Crippen LogP contribution in [0.2, 0.25) is 0 Å². The molecule has 1 aromatic rings. The first kappa shape index (κ1) is 12.3. The molecule has 1 aliphatic carbocycles. The lowest BCUT2D eigenvalue weighted by Gasteiger charge is -2.19. The van der Waals surface area contributed by atoms with Gasteiger partial charge < -0.3 is 5.32 Å². The van der Waals surface area contributed by atoms with E-state index in [1.165, 1.54) is 24.9 Å². The van der Waals surface area contributed by atoms with Crippen molar-refractivity contribution < 1.29 is 0 Å². The van der Waals surface area contributed by atoms with E-state index in [0.717, 1.165) is 25.7 Å². The molecule has 0 aliphatic heterocycles. The van der Waals surface area contributed by atoms with Gasteiger partial charge in [0.2, 0.25) is 0 Å². The van der Waals surface area contributed by atoms with Crippen molar-refractivity contribution in [2.45, 2.75) is 32.4 Å². The monoisotopic (exact) mass is 234 g/mol. The first-order valence-corrected chi connectivity index (χ1v) is 6.44. The van der Waals surface area contributed by atoms with E-state index in [9.17, 15) is 0 Å². The highest BCUT2D eigenvalue weighted by molar-refractivity contribution is 5.17. The average Bonchev–Trinajstić information content (AvgIpc) is 3.08. The Morgan fingerprint density at radius 2 is 2.47 bits per heavy atom. The normalized spacial score (nSPS) is 15.4. The van der Waals surface area contributed by atoms with E-state index in [1.807, 2.05) is 12.4 Å². The fourth-order valence-corrected chi connectivity index (χ4v) is 2.06. The van der Waals surface area contributed by atoms with E-state index in [4.69, 9.17) is 0 Å². The summed E-state index contributed by atoms with van der Waals surface area (Å²) in [6.45, 7) is 10.2. The maximum atomic E-state index is 4.15. The molecule has 0 spiro atoms. The minimum absolute atomic E-state index is 0.866. The lowest BCUT2D eigenvalue weighted by Crippen LogP contribution is -2.33. The van der Waals surface area contributed by atoms with Crippen molar-refractivity contribution in [1.29, 1.82) is 0 Å². The molecule has 1 aromatic heterocycles. The zero-order valence-corrected chi connectivity index (χ0v) is 10.6. The summed E-state index contributed by atoms with van der Waals surface area (Å²) in [4.78, 5) is 2.56. The van der Waals surface area contributed by atoms with Crippen molar-refractivity contribution >= 4 is 6.20 Å². The summed E-state index contributed by atoms with van der Waals surface area (Å²) in [6, 6.07) is 0.866. The largest absolute Gasteiger partial charge is 0.311 e. The molecule has 2 rings (SSSR count). The molecule has 1 heterocycles. The Balaban J connectivity index is 1.63. The smallest absolute Gasteiger partial charge is 0.0538 e. The number of likely N-dealkylation sites (N-methyl/N-ethyl adjacent to an activating group) is 1. The number of nitrogens with zero attached hydrogens (tertiary/aromatic N) is 3. The van der Waals surface area contributed by atoms with Gasteiger partial charge in [0.1, 0.15) is 0 Å². The van der Waals surface area contributed by atoms with E-state index < -0.39 is 0 Å². The summed E-state index contributed by atoms with van der Waals surface area (Å²) in [5, 5.41) is 7.61. The van der Waals surface area contributed by atoms with E-state index in [-0.39, 0.29) is 0 Å². The first-order valence-electron chi connectivity index (χ1n) is 6.44. The molecule has 0 aromatic carbocycles. The molecule has 0 unspecified atom stereocenters. The van der Waals surface area contributed by atoms with Gasteiger partial charge in [-0.3, -0.25) is 4.90 Å². The Morgan fingerprint density at radius 3 is 3.06 bits per heavy atom. The van der Waals surface area contributed by atoms with Crippen molar-refractivity contribution in [2.75, 3.05) is 19.6 Å². The first-order chi connectivity index (χ1) is 8.33. The standard InChI is InChI=1S/C13H22N4/c1-3-16(13-5-6-13)8-7-14-9-12-10-15-17(4-2)11-12/h4,10-11,13-14H,2-3,5-9H2,1H3. The number of hydrogen-bond acceptors (Lipinski definition) is 3. The molecule has 4 heteroatoms. The van der Waals surface area contributed by atoms with Crippen LogP contribution in [-0.4, -0.2) is 40.4 Å². The Kier molecular flexibility index (Phi) is 4.34. The van der Waals surface area contributed by atoms with Crippen LogP contribution in [0.1, 0.15) is 25.3 Å². The Labute approximate surface area is 103 Å². The Morgan fingerprint density at radius 1 is 1.65 bits per heavy atom. The molecule has 1 N–H and O–H groups in total. The number of nitrogens with one attached hydrogen (secondary N) is 1. The minimum Gasteiger partial charge on any atom is -0.311 e. The van der Waals surface area contributed by atoms with Gasteiger partial charge in [0, 0.05) is 43.6 Å². The van der Waals surface area contributed by atoms with E-state index in [0.29, 0.717) is 0 Å². The van der Waals surface area contributed by atoms with Crippen molar-refractivity contribution in [2.24, 2.45) is 0 Å².